The summed E-state index contributed by atoms with van der Waals surface area (Å²) >= 11 is 3.26. The van der Waals surface area contributed by atoms with Crippen molar-refractivity contribution in [2.45, 2.75) is 19.8 Å². The highest BCUT2D eigenvalue weighted by atomic mass is 79.9. The second kappa shape index (κ2) is 7.35. The second-order valence-corrected chi connectivity index (χ2v) is 6.91. The Morgan fingerprint density at radius 2 is 1.84 bits per heavy atom. The van der Waals surface area contributed by atoms with Gasteiger partial charge in [-0.3, -0.25) is 9.59 Å². The third-order valence-corrected chi connectivity index (χ3v) is 5.07. The molecule has 0 radical (unpaired) electrons. The van der Waals surface area contributed by atoms with Crippen LogP contribution in [0.15, 0.2) is 40.9 Å². The van der Waals surface area contributed by atoms with Gasteiger partial charge >= 0.3 is 0 Å². The van der Waals surface area contributed by atoms with Crippen LogP contribution in [0.1, 0.15) is 39.1 Å². The predicted octanol–water partition coefficient (Wildman–Crippen LogP) is 4.38. The van der Waals surface area contributed by atoms with E-state index in [0.717, 1.165) is 25.9 Å². The lowest BCUT2D eigenvalue weighted by Crippen LogP contribution is -2.28. The molecule has 1 saturated heterocycles. The Labute approximate surface area is 154 Å². The molecule has 0 bridgehead atoms. The molecule has 1 fully saturated rings. The van der Waals surface area contributed by atoms with Crippen molar-refractivity contribution in [3.63, 3.8) is 0 Å². The van der Waals surface area contributed by atoms with Gasteiger partial charge in [-0.05, 0) is 71.6 Å². The van der Waals surface area contributed by atoms with Gasteiger partial charge in [-0.25, -0.2) is 4.39 Å². The molecule has 25 heavy (non-hydrogen) atoms. The molecule has 2 amide bonds. The summed E-state index contributed by atoms with van der Waals surface area (Å²) in [6.45, 7) is 3.34. The van der Waals surface area contributed by atoms with Gasteiger partial charge in [-0.15, -0.1) is 0 Å². The molecule has 0 aliphatic carbocycles. The van der Waals surface area contributed by atoms with E-state index in [0.29, 0.717) is 21.3 Å². The van der Waals surface area contributed by atoms with E-state index in [-0.39, 0.29) is 11.5 Å². The van der Waals surface area contributed by atoms with Crippen LogP contribution in [0.5, 0.6) is 0 Å². The topological polar surface area (TPSA) is 49.4 Å². The van der Waals surface area contributed by atoms with Crippen molar-refractivity contribution in [1.82, 2.24) is 4.90 Å². The minimum atomic E-state index is -0.483. The first-order valence-electron chi connectivity index (χ1n) is 8.12. The van der Waals surface area contributed by atoms with E-state index >= 15 is 0 Å². The monoisotopic (exact) mass is 404 g/mol. The summed E-state index contributed by atoms with van der Waals surface area (Å²) in [4.78, 5) is 26.9. The maximum atomic E-state index is 13.4. The standard InChI is InChI=1S/C19H18BrFN2O2/c1-12-14(19(25)23-9-2-3-10-23)5-4-6-17(12)22-18(24)15-11-13(21)7-8-16(15)20/h4-8,11H,2-3,9-10H2,1H3,(H,22,24). The molecule has 1 aliphatic rings. The Kier molecular flexibility index (Phi) is 5.18. The van der Waals surface area contributed by atoms with E-state index in [1.165, 1.54) is 18.2 Å². The highest BCUT2D eigenvalue weighted by Crippen LogP contribution is 2.24. The molecule has 3 rings (SSSR count). The fourth-order valence-corrected chi connectivity index (χ4v) is 3.38. The van der Waals surface area contributed by atoms with Gasteiger partial charge < -0.3 is 10.2 Å². The molecule has 0 saturated carbocycles. The second-order valence-electron chi connectivity index (χ2n) is 6.06. The number of carbonyl (C=O) groups is 2. The minimum Gasteiger partial charge on any atom is -0.339 e. The van der Waals surface area contributed by atoms with Gasteiger partial charge in [0.2, 0.25) is 0 Å². The minimum absolute atomic E-state index is 0.0157. The van der Waals surface area contributed by atoms with Crippen LogP contribution in [-0.2, 0) is 0 Å². The first kappa shape index (κ1) is 17.6. The van der Waals surface area contributed by atoms with Crippen LogP contribution in [0, 0.1) is 12.7 Å². The maximum absolute atomic E-state index is 13.4. The number of carbonyl (C=O) groups excluding carboxylic acids is 2. The quantitative estimate of drug-likeness (QED) is 0.824. The first-order valence-corrected chi connectivity index (χ1v) is 8.92. The first-order chi connectivity index (χ1) is 12.0. The van der Waals surface area contributed by atoms with Crippen LogP contribution in [0.3, 0.4) is 0 Å². The number of halogens is 2. The molecule has 4 nitrogen and oxygen atoms in total. The van der Waals surface area contributed by atoms with Crippen molar-refractivity contribution >= 4 is 33.4 Å². The highest BCUT2D eigenvalue weighted by molar-refractivity contribution is 9.10. The van der Waals surface area contributed by atoms with Crippen molar-refractivity contribution < 1.29 is 14.0 Å². The van der Waals surface area contributed by atoms with Gasteiger partial charge in [-0.1, -0.05) is 6.07 Å². The Hall–Kier alpha value is -2.21. The molecular formula is C19H18BrFN2O2. The van der Waals surface area contributed by atoms with E-state index in [2.05, 4.69) is 21.2 Å². The van der Waals surface area contributed by atoms with Gasteiger partial charge in [0.05, 0.1) is 5.56 Å². The van der Waals surface area contributed by atoms with E-state index in [1.54, 1.807) is 25.1 Å². The zero-order valence-corrected chi connectivity index (χ0v) is 15.4. The fourth-order valence-electron chi connectivity index (χ4n) is 2.95. The molecule has 0 unspecified atom stereocenters. The number of benzene rings is 2. The van der Waals surface area contributed by atoms with Crippen molar-refractivity contribution in [3.05, 3.63) is 63.4 Å². The van der Waals surface area contributed by atoms with E-state index in [1.807, 2.05) is 4.90 Å². The number of rotatable bonds is 3. The lowest BCUT2D eigenvalue weighted by Gasteiger charge is -2.18. The number of anilines is 1. The summed E-state index contributed by atoms with van der Waals surface area (Å²) in [6.07, 6.45) is 2.05. The molecule has 0 atom stereocenters. The normalized spacial score (nSPS) is 13.8. The molecular weight excluding hydrogens is 387 g/mol. The van der Waals surface area contributed by atoms with Crippen LogP contribution in [0.2, 0.25) is 0 Å². The largest absolute Gasteiger partial charge is 0.339 e. The van der Waals surface area contributed by atoms with Crippen molar-refractivity contribution in [2.24, 2.45) is 0 Å². The summed E-state index contributed by atoms with van der Waals surface area (Å²) in [7, 11) is 0. The Bertz CT molecular complexity index is 832. The molecule has 0 aromatic heterocycles. The van der Waals surface area contributed by atoms with Crippen molar-refractivity contribution in [1.29, 1.82) is 0 Å². The Morgan fingerprint density at radius 1 is 1.12 bits per heavy atom. The average Bonchev–Trinajstić information content (AvgIpc) is 3.13. The molecule has 1 aliphatic heterocycles. The molecule has 0 spiro atoms. The number of amides is 2. The van der Waals surface area contributed by atoms with Crippen molar-refractivity contribution in [2.75, 3.05) is 18.4 Å². The number of nitrogens with one attached hydrogen (secondary N) is 1. The van der Waals surface area contributed by atoms with E-state index in [4.69, 9.17) is 0 Å². The number of hydrogen-bond acceptors (Lipinski definition) is 2. The highest BCUT2D eigenvalue weighted by Gasteiger charge is 2.22. The van der Waals surface area contributed by atoms with Crippen LogP contribution in [-0.4, -0.2) is 29.8 Å². The smallest absolute Gasteiger partial charge is 0.256 e. The lowest BCUT2D eigenvalue weighted by atomic mass is 10.0. The van der Waals surface area contributed by atoms with E-state index in [9.17, 15) is 14.0 Å². The molecule has 6 heteroatoms. The summed E-state index contributed by atoms with van der Waals surface area (Å²) in [6, 6.07) is 9.19. The predicted molar refractivity (Wildman–Crippen MR) is 98.4 cm³/mol. The van der Waals surface area contributed by atoms with E-state index < -0.39 is 11.7 Å². The molecule has 130 valence electrons. The SMILES string of the molecule is Cc1c(NC(=O)c2cc(F)ccc2Br)cccc1C(=O)N1CCCC1. The summed E-state index contributed by atoms with van der Waals surface area (Å²) < 4.78 is 13.9. The lowest BCUT2D eigenvalue weighted by molar-refractivity contribution is 0.0791. The third-order valence-electron chi connectivity index (χ3n) is 4.38. The van der Waals surface area contributed by atoms with Crippen LogP contribution < -0.4 is 5.32 Å². The molecule has 1 N–H and O–H groups in total. The van der Waals surface area contributed by atoms with Crippen LogP contribution in [0.4, 0.5) is 10.1 Å². The zero-order valence-electron chi connectivity index (χ0n) is 13.8. The molecule has 2 aromatic rings. The Morgan fingerprint density at radius 3 is 2.56 bits per heavy atom. The Balaban J connectivity index is 1.85. The van der Waals surface area contributed by atoms with Crippen LogP contribution >= 0.6 is 15.9 Å². The number of likely N-dealkylation sites (tertiary alicyclic amines) is 1. The fraction of sp³-hybridized carbons (Fsp3) is 0.263. The summed E-state index contributed by atoms with van der Waals surface area (Å²) in [5, 5.41) is 2.77. The van der Waals surface area contributed by atoms with Crippen LogP contribution in [0.25, 0.3) is 0 Å². The summed E-state index contributed by atoms with van der Waals surface area (Å²) in [5.41, 5.74) is 2.04. The van der Waals surface area contributed by atoms with Gasteiger partial charge in [0.15, 0.2) is 0 Å². The van der Waals surface area contributed by atoms with Gasteiger partial charge in [0.25, 0.3) is 11.8 Å². The zero-order chi connectivity index (χ0) is 18.0. The molecule has 2 aromatic carbocycles. The number of hydrogen-bond donors (Lipinski definition) is 1. The average molecular weight is 405 g/mol. The number of nitrogens with zero attached hydrogens (tertiary/aromatic N) is 1. The van der Waals surface area contributed by atoms with Gasteiger partial charge in [0, 0.05) is 28.8 Å². The molecule has 1 heterocycles. The third kappa shape index (κ3) is 3.74. The van der Waals surface area contributed by atoms with Gasteiger partial charge in [-0.2, -0.15) is 0 Å². The maximum Gasteiger partial charge on any atom is 0.256 e. The van der Waals surface area contributed by atoms with Crippen molar-refractivity contribution in [3.8, 4) is 0 Å². The van der Waals surface area contributed by atoms with Gasteiger partial charge in [0.1, 0.15) is 5.82 Å². The summed E-state index contributed by atoms with van der Waals surface area (Å²) in [5.74, 6) is -0.929.